The summed E-state index contributed by atoms with van der Waals surface area (Å²) in [4.78, 5) is 11.0. The van der Waals surface area contributed by atoms with Crippen LogP contribution >= 0.6 is 11.6 Å². The largest absolute Gasteiger partial charge is 0.381 e. The third-order valence-electron chi connectivity index (χ3n) is 2.76. The van der Waals surface area contributed by atoms with Gasteiger partial charge in [0, 0.05) is 22.8 Å². The van der Waals surface area contributed by atoms with Gasteiger partial charge in [-0.05, 0) is 30.3 Å². The molecule has 0 aliphatic carbocycles. The van der Waals surface area contributed by atoms with Crippen molar-refractivity contribution in [3.05, 3.63) is 64.2 Å². The summed E-state index contributed by atoms with van der Waals surface area (Å²) in [5.74, 6) is -2.01. The van der Waals surface area contributed by atoms with Crippen molar-refractivity contribution in [2.75, 3.05) is 5.32 Å². The van der Waals surface area contributed by atoms with Crippen LogP contribution < -0.4 is 11.1 Å². The molecule has 0 aliphatic rings. The summed E-state index contributed by atoms with van der Waals surface area (Å²) in [6.07, 6.45) is 0. The molecule has 2 aromatic rings. The Kier molecular flexibility index (Phi) is 4.20. The van der Waals surface area contributed by atoms with Crippen LogP contribution in [0.15, 0.2) is 36.4 Å². The minimum Gasteiger partial charge on any atom is -0.381 e. The van der Waals surface area contributed by atoms with Crippen LogP contribution in [0.3, 0.4) is 0 Å². The van der Waals surface area contributed by atoms with Gasteiger partial charge in [0.15, 0.2) is 0 Å². The molecule has 20 heavy (non-hydrogen) atoms. The van der Waals surface area contributed by atoms with Gasteiger partial charge in [0.2, 0.25) is 0 Å². The normalized spacial score (nSPS) is 10.3. The minimum absolute atomic E-state index is 0.106. The van der Waals surface area contributed by atoms with E-state index in [1.807, 2.05) is 0 Å². The van der Waals surface area contributed by atoms with Crippen LogP contribution in [0.4, 0.5) is 14.5 Å². The van der Waals surface area contributed by atoms with Gasteiger partial charge in [-0.2, -0.15) is 0 Å². The van der Waals surface area contributed by atoms with Crippen molar-refractivity contribution >= 4 is 23.2 Å². The van der Waals surface area contributed by atoms with Crippen molar-refractivity contribution in [3.63, 3.8) is 0 Å². The van der Waals surface area contributed by atoms with Gasteiger partial charge in [0.1, 0.15) is 11.6 Å². The molecular weight excluding hydrogens is 286 g/mol. The predicted molar refractivity (Wildman–Crippen MR) is 73.7 cm³/mol. The summed E-state index contributed by atoms with van der Waals surface area (Å²) >= 11 is 5.89. The van der Waals surface area contributed by atoms with E-state index in [2.05, 4.69) is 5.32 Å². The Hall–Kier alpha value is -2.14. The molecule has 0 aromatic heterocycles. The monoisotopic (exact) mass is 296 g/mol. The highest BCUT2D eigenvalue weighted by atomic mass is 35.5. The molecule has 0 bridgehead atoms. The summed E-state index contributed by atoms with van der Waals surface area (Å²) in [6, 6.07) is 8.18. The van der Waals surface area contributed by atoms with Gasteiger partial charge in [-0.3, -0.25) is 4.79 Å². The summed E-state index contributed by atoms with van der Waals surface area (Å²) < 4.78 is 26.9. The second-order valence-electron chi connectivity index (χ2n) is 4.11. The van der Waals surface area contributed by atoms with Crippen molar-refractivity contribution < 1.29 is 13.6 Å². The zero-order valence-corrected chi connectivity index (χ0v) is 11.0. The topological polar surface area (TPSA) is 55.1 Å². The van der Waals surface area contributed by atoms with Crippen molar-refractivity contribution in [1.29, 1.82) is 0 Å². The fourth-order valence-corrected chi connectivity index (χ4v) is 1.95. The maximum Gasteiger partial charge on any atom is 0.251 e. The number of rotatable bonds is 4. The average Bonchev–Trinajstić information content (AvgIpc) is 2.39. The number of carbonyl (C=O) groups is 1. The molecular formula is C14H11ClF2N2O. The Balaban J connectivity index is 2.19. The average molecular weight is 297 g/mol. The lowest BCUT2D eigenvalue weighted by Gasteiger charge is -2.10. The van der Waals surface area contributed by atoms with E-state index in [0.717, 1.165) is 6.07 Å². The van der Waals surface area contributed by atoms with E-state index in [4.69, 9.17) is 17.3 Å². The lowest BCUT2D eigenvalue weighted by atomic mass is 10.1. The second kappa shape index (κ2) is 5.88. The number of amides is 1. The van der Waals surface area contributed by atoms with E-state index in [-0.39, 0.29) is 17.1 Å². The molecule has 0 radical (unpaired) electrons. The molecule has 0 atom stereocenters. The van der Waals surface area contributed by atoms with Crippen LogP contribution in [-0.2, 0) is 6.54 Å². The van der Waals surface area contributed by atoms with E-state index in [9.17, 15) is 13.6 Å². The third-order valence-corrected chi connectivity index (χ3v) is 3.12. The highest BCUT2D eigenvalue weighted by molar-refractivity contribution is 6.31. The molecule has 0 fully saturated rings. The summed E-state index contributed by atoms with van der Waals surface area (Å²) in [6.45, 7) is 0.106. The first-order chi connectivity index (χ1) is 9.49. The Morgan fingerprint density at radius 3 is 2.60 bits per heavy atom. The van der Waals surface area contributed by atoms with E-state index < -0.39 is 17.5 Å². The molecule has 0 unspecified atom stereocenters. The second-order valence-corrected chi connectivity index (χ2v) is 4.52. The standard InChI is InChI=1S/C14H11ClF2N2O/c15-11-2-1-3-12(16)10(11)7-19-8-4-5-13(17)9(6-8)14(18)20/h1-6,19H,7H2,(H2,18,20). The Bertz CT molecular complexity index is 641. The number of hydrogen-bond donors (Lipinski definition) is 2. The van der Waals surface area contributed by atoms with E-state index in [0.29, 0.717) is 11.3 Å². The van der Waals surface area contributed by atoms with Gasteiger partial charge in [0.25, 0.3) is 5.91 Å². The molecule has 2 rings (SSSR count). The summed E-state index contributed by atoms with van der Waals surface area (Å²) in [7, 11) is 0. The van der Waals surface area contributed by atoms with Crippen molar-refractivity contribution in [3.8, 4) is 0 Å². The number of primary amides is 1. The number of halogens is 3. The number of nitrogens with two attached hydrogens (primary N) is 1. The molecule has 0 aliphatic heterocycles. The van der Waals surface area contributed by atoms with Crippen LogP contribution in [0.2, 0.25) is 5.02 Å². The van der Waals surface area contributed by atoms with E-state index in [1.54, 1.807) is 6.07 Å². The van der Waals surface area contributed by atoms with E-state index >= 15 is 0 Å². The summed E-state index contributed by atoms with van der Waals surface area (Å²) in [5, 5.41) is 3.15. The van der Waals surface area contributed by atoms with Gasteiger partial charge < -0.3 is 11.1 Å². The molecule has 0 saturated carbocycles. The lowest BCUT2D eigenvalue weighted by Crippen LogP contribution is -2.13. The van der Waals surface area contributed by atoms with Crippen molar-refractivity contribution in [2.45, 2.75) is 6.54 Å². The Morgan fingerprint density at radius 1 is 1.20 bits per heavy atom. The molecule has 0 saturated heterocycles. The van der Waals surface area contributed by atoms with Crippen molar-refractivity contribution in [2.24, 2.45) is 5.73 Å². The fraction of sp³-hybridized carbons (Fsp3) is 0.0714. The predicted octanol–water partition coefficient (Wildman–Crippen LogP) is 3.33. The quantitative estimate of drug-likeness (QED) is 0.909. The van der Waals surface area contributed by atoms with Crippen LogP contribution in [0.1, 0.15) is 15.9 Å². The molecule has 6 heteroatoms. The first kappa shape index (κ1) is 14.3. The van der Waals surface area contributed by atoms with Gasteiger partial charge in [-0.25, -0.2) is 8.78 Å². The minimum atomic E-state index is -0.866. The smallest absolute Gasteiger partial charge is 0.251 e. The first-order valence-electron chi connectivity index (χ1n) is 5.75. The van der Waals surface area contributed by atoms with Gasteiger partial charge in [-0.1, -0.05) is 17.7 Å². The molecule has 0 heterocycles. The van der Waals surface area contributed by atoms with Crippen LogP contribution in [0.25, 0.3) is 0 Å². The number of nitrogens with one attached hydrogen (secondary N) is 1. The van der Waals surface area contributed by atoms with Crippen LogP contribution in [-0.4, -0.2) is 5.91 Å². The molecule has 3 N–H and O–H groups in total. The lowest BCUT2D eigenvalue weighted by molar-refractivity contribution is 0.0996. The number of benzene rings is 2. The Labute approximate surface area is 119 Å². The third kappa shape index (κ3) is 3.05. The number of hydrogen-bond acceptors (Lipinski definition) is 2. The summed E-state index contributed by atoms with van der Waals surface area (Å²) in [5.41, 5.74) is 5.56. The van der Waals surface area contributed by atoms with E-state index in [1.165, 1.54) is 24.3 Å². The SMILES string of the molecule is NC(=O)c1cc(NCc2c(F)cccc2Cl)ccc1F. The molecule has 104 valence electrons. The highest BCUT2D eigenvalue weighted by Gasteiger charge is 2.10. The maximum absolute atomic E-state index is 13.6. The molecule has 0 spiro atoms. The molecule has 2 aromatic carbocycles. The maximum atomic E-state index is 13.6. The first-order valence-corrected chi connectivity index (χ1v) is 6.13. The van der Waals surface area contributed by atoms with Crippen LogP contribution in [0.5, 0.6) is 0 Å². The fourth-order valence-electron chi connectivity index (χ4n) is 1.72. The number of carbonyl (C=O) groups excluding carboxylic acids is 1. The Morgan fingerprint density at radius 2 is 1.95 bits per heavy atom. The highest BCUT2D eigenvalue weighted by Crippen LogP contribution is 2.21. The molecule has 1 amide bonds. The van der Waals surface area contributed by atoms with Crippen molar-refractivity contribution in [1.82, 2.24) is 0 Å². The number of anilines is 1. The zero-order valence-electron chi connectivity index (χ0n) is 10.3. The van der Waals surface area contributed by atoms with Gasteiger partial charge in [-0.15, -0.1) is 0 Å². The molecule has 3 nitrogen and oxygen atoms in total. The van der Waals surface area contributed by atoms with Crippen LogP contribution in [0, 0.1) is 11.6 Å². The van der Waals surface area contributed by atoms with Gasteiger partial charge >= 0.3 is 0 Å². The zero-order chi connectivity index (χ0) is 14.7. The van der Waals surface area contributed by atoms with Gasteiger partial charge in [0.05, 0.1) is 5.56 Å².